The Morgan fingerprint density at radius 3 is 2.44 bits per heavy atom. The van der Waals surface area contributed by atoms with E-state index < -0.39 is 0 Å². The topological polar surface area (TPSA) is 63.2 Å². The number of aryl methyl sites for hydroxylation is 1. The van der Waals surface area contributed by atoms with E-state index in [-0.39, 0.29) is 18.1 Å². The lowest BCUT2D eigenvalue weighted by Gasteiger charge is -2.46. The summed E-state index contributed by atoms with van der Waals surface area (Å²) in [6.45, 7) is 13.0. The van der Waals surface area contributed by atoms with Gasteiger partial charge in [0.25, 0.3) is 5.91 Å². The average molecular weight is 436 g/mol. The first kappa shape index (κ1) is 23.4. The van der Waals surface area contributed by atoms with Crippen molar-refractivity contribution in [1.82, 2.24) is 5.43 Å². The molecule has 0 unspecified atom stereocenters. The van der Waals surface area contributed by atoms with Gasteiger partial charge in [-0.2, -0.15) is 5.10 Å². The number of hydrogen-bond acceptors (Lipinski definition) is 5. The normalized spacial score (nSPS) is 14.9. The lowest BCUT2D eigenvalue weighted by molar-refractivity contribution is -0.123. The molecule has 1 aliphatic heterocycles. The van der Waals surface area contributed by atoms with Gasteiger partial charge in [-0.3, -0.25) is 4.79 Å². The van der Waals surface area contributed by atoms with Gasteiger partial charge in [0.1, 0.15) is 11.5 Å². The molecule has 1 aliphatic rings. The number of fused-ring (bicyclic) bond motifs is 1. The van der Waals surface area contributed by atoms with Crippen LogP contribution in [0.1, 0.15) is 51.3 Å². The molecule has 1 amide bonds. The minimum atomic E-state index is -0.323. The number of anilines is 1. The standard InChI is InChI=1S/C26H33N3O3/c1-17(2)29-24-12-18(3)20(13-23(24)19(4)14-26(29,5)6)15-27-28-25(30)16-32-22-10-8-21(31-7)9-11-22/h8-15,17H,16H2,1-7H3,(H,28,30)/b27-15-. The van der Waals surface area contributed by atoms with E-state index >= 15 is 0 Å². The smallest absolute Gasteiger partial charge is 0.277 e. The van der Waals surface area contributed by atoms with Gasteiger partial charge >= 0.3 is 0 Å². The number of benzene rings is 2. The van der Waals surface area contributed by atoms with Crippen LogP contribution < -0.4 is 19.8 Å². The maximum Gasteiger partial charge on any atom is 0.277 e. The van der Waals surface area contributed by atoms with E-state index in [0.717, 1.165) is 16.9 Å². The summed E-state index contributed by atoms with van der Waals surface area (Å²) in [7, 11) is 1.60. The number of ether oxygens (including phenoxy) is 2. The molecular formula is C26H33N3O3. The Morgan fingerprint density at radius 1 is 1.16 bits per heavy atom. The Kier molecular flexibility index (Phi) is 6.92. The van der Waals surface area contributed by atoms with E-state index in [1.54, 1.807) is 37.6 Å². The molecule has 6 nitrogen and oxygen atoms in total. The van der Waals surface area contributed by atoms with Gasteiger partial charge in [0.2, 0.25) is 0 Å². The Morgan fingerprint density at radius 2 is 1.81 bits per heavy atom. The molecule has 3 rings (SSSR count). The Hall–Kier alpha value is -3.28. The summed E-state index contributed by atoms with van der Waals surface area (Å²) in [5.41, 5.74) is 8.23. The van der Waals surface area contributed by atoms with Gasteiger partial charge in [0.05, 0.1) is 18.9 Å². The van der Waals surface area contributed by atoms with Crippen molar-refractivity contribution >= 4 is 23.4 Å². The number of carbonyl (C=O) groups excluding carboxylic acids is 1. The number of rotatable bonds is 7. The Labute approximate surface area is 190 Å². The van der Waals surface area contributed by atoms with E-state index in [1.807, 2.05) is 0 Å². The first-order valence-electron chi connectivity index (χ1n) is 10.8. The first-order valence-corrected chi connectivity index (χ1v) is 10.8. The molecule has 1 N–H and O–H groups in total. The SMILES string of the molecule is COc1ccc(OCC(=O)N/N=C\c2cc3c(cc2C)N(C(C)C)C(C)(C)C=C3C)cc1. The molecule has 0 atom stereocenters. The molecule has 32 heavy (non-hydrogen) atoms. The number of allylic oxidation sites excluding steroid dienone is 1. The van der Waals surface area contributed by atoms with Crippen LogP contribution in [0.25, 0.3) is 5.57 Å². The highest BCUT2D eigenvalue weighted by Crippen LogP contribution is 2.41. The highest BCUT2D eigenvalue weighted by atomic mass is 16.5. The molecule has 0 radical (unpaired) electrons. The number of amides is 1. The summed E-state index contributed by atoms with van der Waals surface area (Å²) in [5.74, 6) is 1.00. The molecule has 0 spiro atoms. The summed E-state index contributed by atoms with van der Waals surface area (Å²) < 4.78 is 10.6. The summed E-state index contributed by atoms with van der Waals surface area (Å²) in [6, 6.07) is 11.8. The van der Waals surface area contributed by atoms with Crippen LogP contribution in [0, 0.1) is 6.92 Å². The third kappa shape index (κ3) is 5.13. The van der Waals surface area contributed by atoms with Crippen molar-refractivity contribution in [2.75, 3.05) is 18.6 Å². The predicted octanol–water partition coefficient (Wildman–Crippen LogP) is 4.94. The largest absolute Gasteiger partial charge is 0.497 e. The van der Waals surface area contributed by atoms with Crippen LogP contribution in [-0.2, 0) is 4.79 Å². The minimum Gasteiger partial charge on any atom is -0.497 e. The second-order valence-electron chi connectivity index (χ2n) is 8.93. The molecule has 6 heteroatoms. The van der Waals surface area contributed by atoms with Crippen molar-refractivity contribution in [1.29, 1.82) is 0 Å². The lowest BCUT2D eigenvalue weighted by atomic mass is 9.86. The molecule has 2 aromatic carbocycles. The van der Waals surface area contributed by atoms with Crippen molar-refractivity contribution in [2.24, 2.45) is 5.10 Å². The zero-order chi connectivity index (χ0) is 23.5. The van der Waals surface area contributed by atoms with Crippen molar-refractivity contribution in [2.45, 2.75) is 53.1 Å². The maximum absolute atomic E-state index is 12.1. The average Bonchev–Trinajstić information content (AvgIpc) is 2.72. The molecular weight excluding hydrogens is 402 g/mol. The van der Waals surface area contributed by atoms with Crippen LogP contribution in [0.15, 0.2) is 47.6 Å². The molecule has 0 bridgehead atoms. The number of nitrogens with zero attached hydrogens (tertiary/aromatic N) is 2. The third-order valence-corrected chi connectivity index (χ3v) is 5.60. The van der Waals surface area contributed by atoms with Crippen LogP contribution in [-0.4, -0.2) is 37.4 Å². The van der Waals surface area contributed by atoms with E-state index in [1.165, 1.54) is 16.8 Å². The fourth-order valence-electron chi connectivity index (χ4n) is 4.32. The first-order chi connectivity index (χ1) is 15.1. The molecule has 2 aromatic rings. The summed E-state index contributed by atoms with van der Waals surface area (Å²) in [6.07, 6.45) is 4.00. The highest BCUT2D eigenvalue weighted by Gasteiger charge is 2.33. The second kappa shape index (κ2) is 9.47. The van der Waals surface area contributed by atoms with E-state index in [4.69, 9.17) is 9.47 Å². The summed E-state index contributed by atoms with van der Waals surface area (Å²) in [5, 5.41) is 4.14. The monoisotopic (exact) mass is 435 g/mol. The van der Waals surface area contributed by atoms with E-state index in [0.29, 0.717) is 11.8 Å². The lowest BCUT2D eigenvalue weighted by Crippen LogP contribution is -2.49. The molecule has 170 valence electrons. The fraction of sp³-hybridized carbons (Fsp3) is 0.385. The van der Waals surface area contributed by atoms with E-state index in [9.17, 15) is 4.79 Å². The summed E-state index contributed by atoms with van der Waals surface area (Å²) >= 11 is 0. The van der Waals surface area contributed by atoms with Crippen LogP contribution in [0.5, 0.6) is 11.5 Å². The fourth-order valence-corrected chi connectivity index (χ4v) is 4.32. The van der Waals surface area contributed by atoms with Crippen molar-refractivity contribution < 1.29 is 14.3 Å². The molecule has 1 heterocycles. The minimum absolute atomic E-state index is 0.0504. The van der Waals surface area contributed by atoms with Crippen LogP contribution >= 0.6 is 0 Å². The van der Waals surface area contributed by atoms with E-state index in [2.05, 4.69) is 75.2 Å². The van der Waals surface area contributed by atoms with Gasteiger partial charge in [-0.1, -0.05) is 6.08 Å². The van der Waals surface area contributed by atoms with Crippen molar-refractivity contribution in [3.63, 3.8) is 0 Å². The van der Waals surface area contributed by atoms with Crippen LogP contribution in [0.4, 0.5) is 5.69 Å². The molecule has 0 aliphatic carbocycles. The predicted molar refractivity (Wildman–Crippen MR) is 131 cm³/mol. The Bertz CT molecular complexity index is 1040. The zero-order valence-electron chi connectivity index (χ0n) is 20.0. The van der Waals surface area contributed by atoms with Gasteiger partial charge in [-0.15, -0.1) is 0 Å². The van der Waals surface area contributed by atoms with Gasteiger partial charge in [-0.25, -0.2) is 5.43 Å². The second-order valence-corrected chi connectivity index (χ2v) is 8.93. The van der Waals surface area contributed by atoms with Gasteiger partial charge in [0, 0.05) is 17.3 Å². The summed E-state index contributed by atoms with van der Waals surface area (Å²) in [4.78, 5) is 14.5. The zero-order valence-corrected chi connectivity index (χ0v) is 20.0. The van der Waals surface area contributed by atoms with Crippen LogP contribution in [0.3, 0.4) is 0 Å². The maximum atomic E-state index is 12.1. The quantitative estimate of drug-likeness (QED) is 0.494. The number of carbonyl (C=O) groups is 1. The molecule has 0 saturated heterocycles. The number of nitrogens with one attached hydrogen (secondary N) is 1. The number of hydrogen-bond donors (Lipinski definition) is 1. The molecule has 0 fully saturated rings. The van der Waals surface area contributed by atoms with Gasteiger partial charge < -0.3 is 14.4 Å². The van der Waals surface area contributed by atoms with Crippen molar-refractivity contribution in [3.05, 3.63) is 59.2 Å². The Balaban J connectivity index is 1.68. The van der Waals surface area contributed by atoms with Gasteiger partial charge in [0.15, 0.2) is 6.61 Å². The molecule has 0 saturated carbocycles. The number of methoxy groups -OCH3 is 1. The number of hydrazone groups is 1. The van der Waals surface area contributed by atoms with Crippen molar-refractivity contribution in [3.8, 4) is 11.5 Å². The molecule has 0 aromatic heterocycles. The highest BCUT2D eigenvalue weighted by molar-refractivity contribution is 5.90. The van der Waals surface area contributed by atoms with Crippen LogP contribution in [0.2, 0.25) is 0 Å². The third-order valence-electron chi connectivity index (χ3n) is 5.60. The van der Waals surface area contributed by atoms with Gasteiger partial charge in [-0.05, 0) is 94.6 Å².